The van der Waals surface area contributed by atoms with Gasteiger partial charge >= 0.3 is 0 Å². The van der Waals surface area contributed by atoms with Crippen molar-refractivity contribution < 1.29 is 0 Å². The third-order valence-electron chi connectivity index (χ3n) is 4.51. The number of nitrogens with zero attached hydrogens (tertiary/aromatic N) is 4. The summed E-state index contributed by atoms with van der Waals surface area (Å²) in [4.78, 5) is 6.54. The highest BCUT2D eigenvalue weighted by Crippen LogP contribution is 2.12. The molecule has 0 aliphatic rings. The van der Waals surface area contributed by atoms with E-state index in [4.69, 9.17) is 0 Å². The number of benzene rings is 1. The van der Waals surface area contributed by atoms with Gasteiger partial charge in [-0.1, -0.05) is 31.2 Å². The number of hydrogen-bond donors (Lipinski definition) is 1. The Kier molecular flexibility index (Phi) is 8.41. The van der Waals surface area contributed by atoms with Crippen LogP contribution in [0, 0.1) is 13.8 Å². The first-order chi connectivity index (χ1) is 11.5. The van der Waals surface area contributed by atoms with Crippen molar-refractivity contribution in [1.82, 2.24) is 20.0 Å². The Labute approximate surface area is 168 Å². The van der Waals surface area contributed by atoms with E-state index >= 15 is 0 Å². The van der Waals surface area contributed by atoms with Crippen LogP contribution in [0.4, 0.5) is 0 Å². The van der Waals surface area contributed by atoms with Gasteiger partial charge in [0.25, 0.3) is 0 Å². The lowest BCUT2D eigenvalue weighted by Crippen LogP contribution is -2.38. The maximum atomic E-state index is 4.47. The van der Waals surface area contributed by atoms with E-state index in [9.17, 15) is 0 Å². The largest absolute Gasteiger partial charge is 0.352 e. The van der Waals surface area contributed by atoms with Gasteiger partial charge in [-0.2, -0.15) is 5.10 Å². The summed E-state index contributed by atoms with van der Waals surface area (Å²) in [6.45, 7) is 7.88. The van der Waals surface area contributed by atoms with E-state index in [2.05, 4.69) is 65.5 Å². The van der Waals surface area contributed by atoms with Crippen LogP contribution < -0.4 is 5.32 Å². The molecular weight excluding hydrogens is 425 g/mol. The van der Waals surface area contributed by atoms with Crippen LogP contribution in [0.25, 0.3) is 0 Å². The molecule has 0 aliphatic heterocycles. The van der Waals surface area contributed by atoms with E-state index in [-0.39, 0.29) is 24.0 Å². The van der Waals surface area contributed by atoms with Crippen LogP contribution in [0.1, 0.15) is 35.0 Å². The lowest BCUT2D eigenvalue weighted by atomic mass is 10.1. The smallest absolute Gasteiger partial charge is 0.193 e. The number of halogens is 1. The summed E-state index contributed by atoms with van der Waals surface area (Å²) in [5, 5.41) is 7.91. The molecule has 5 nitrogen and oxygen atoms in total. The van der Waals surface area contributed by atoms with Crippen LogP contribution in [0.15, 0.2) is 29.3 Å². The van der Waals surface area contributed by atoms with Crippen molar-refractivity contribution in [1.29, 1.82) is 0 Å². The molecule has 0 bridgehead atoms. The fourth-order valence-corrected chi connectivity index (χ4v) is 2.85. The molecule has 2 rings (SSSR count). The Hall–Kier alpha value is -1.57. The number of aliphatic imine (C=N–C) groups is 1. The Morgan fingerprint density at radius 2 is 1.80 bits per heavy atom. The number of hydrogen-bond acceptors (Lipinski definition) is 2. The van der Waals surface area contributed by atoms with Gasteiger partial charge < -0.3 is 10.2 Å². The van der Waals surface area contributed by atoms with Gasteiger partial charge in [-0.05, 0) is 31.4 Å². The first-order valence-corrected chi connectivity index (χ1v) is 8.44. The summed E-state index contributed by atoms with van der Waals surface area (Å²) < 4.78 is 1.92. The second-order valence-electron chi connectivity index (χ2n) is 6.20. The van der Waals surface area contributed by atoms with Gasteiger partial charge in [0.1, 0.15) is 0 Å². The minimum Gasteiger partial charge on any atom is -0.352 e. The Morgan fingerprint density at radius 3 is 2.28 bits per heavy atom. The van der Waals surface area contributed by atoms with Gasteiger partial charge in [-0.3, -0.25) is 9.67 Å². The van der Waals surface area contributed by atoms with Gasteiger partial charge in [-0.15, -0.1) is 24.0 Å². The van der Waals surface area contributed by atoms with Crippen LogP contribution in [-0.2, 0) is 26.6 Å². The Bertz CT molecular complexity index is 703. The second kappa shape index (κ2) is 9.79. The molecule has 2 aromatic rings. The molecule has 0 fully saturated rings. The van der Waals surface area contributed by atoms with Gasteiger partial charge in [0, 0.05) is 45.5 Å². The minimum absolute atomic E-state index is 0. The first kappa shape index (κ1) is 21.5. The predicted octanol–water partition coefficient (Wildman–Crippen LogP) is 3.42. The van der Waals surface area contributed by atoms with Crippen molar-refractivity contribution in [3.63, 3.8) is 0 Å². The minimum atomic E-state index is 0. The molecule has 0 spiro atoms. The van der Waals surface area contributed by atoms with Crippen LogP contribution in [-0.4, -0.2) is 34.7 Å². The topological polar surface area (TPSA) is 45.4 Å². The van der Waals surface area contributed by atoms with Gasteiger partial charge in [0.2, 0.25) is 0 Å². The summed E-state index contributed by atoms with van der Waals surface area (Å²) >= 11 is 0. The zero-order chi connectivity index (χ0) is 17.7. The van der Waals surface area contributed by atoms with Crippen LogP contribution in [0.5, 0.6) is 0 Å². The van der Waals surface area contributed by atoms with Crippen molar-refractivity contribution in [3.8, 4) is 0 Å². The summed E-state index contributed by atoms with van der Waals surface area (Å²) in [5.74, 6) is 0.886. The standard InChI is InChI=1S/C19H29N5.HI/c1-7-16-8-10-17(11-9-16)13-23(5)19(20-4)21-12-18-14(2)22-24(6)15(18)3;/h8-11H,7,12-13H2,1-6H3,(H,20,21);1H. The van der Waals surface area contributed by atoms with Gasteiger partial charge in [0.05, 0.1) is 5.69 Å². The van der Waals surface area contributed by atoms with E-state index < -0.39 is 0 Å². The zero-order valence-electron chi connectivity index (χ0n) is 16.1. The van der Waals surface area contributed by atoms with Crippen molar-refractivity contribution in [2.24, 2.45) is 12.0 Å². The highest BCUT2D eigenvalue weighted by molar-refractivity contribution is 14.0. The molecule has 0 unspecified atom stereocenters. The fourth-order valence-electron chi connectivity index (χ4n) is 2.85. The van der Waals surface area contributed by atoms with Crippen LogP contribution >= 0.6 is 24.0 Å². The molecule has 0 amide bonds. The number of nitrogens with one attached hydrogen (secondary N) is 1. The molecule has 6 heteroatoms. The van der Waals surface area contributed by atoms with Crippen LogP contribution in [0.2, 0.25) is 0 Å². The normalized spacial score (nSPS) is 11.2. The highest BCUT2D eigenvalue weighted by atomic mass is 127. The summed E-state index contributed by atoms with van der Waals surface area (Å²) in [6, 6.07) is 8.78. The van der Waals surface area contributed by atoms with E-state index in [1.165, 1.54) is 22.4 Å². The lowest BCUT2D eigenvalue weighted by molar-refractivity contribution is 0.476. The van der Waals surface area contributed by atoms with Crippen molar-refractivity contribution in [2.75, 3.05) is 14.1 Å². The van der Waals surface area contributed by atoms with E-state index in [0.29, 0.717) is 0 Å². The lowest BCUT2D eigenvalue weighted by Gasteiger charge is -2.22. The number of aromatic nitrogens is 2. The van der Waals surface area contributed by atoms with Crippen molar-refractivity contribution in [2.45, 2.75) is 40.3 Å². The van der Waals surface area contributed by atoms with E-state index in [1.807, 2.05) is 25.7 Å². The fraction of sp³-hybridized carbons (Fsp3) is 0.474. The highest BCUT2D eigenvalue weighted by Gasteiger charge is 2.12. The molecule has 0 saturated carbocycles. The molecule has 25 heavy (non-hydrogen) atoms. The number of guanidine groups is 1. The average Bonchev–Trinajstić information content (AvgIpc) is 2.82. The molecule has 0 saturated heterocycles. The van der Waals surface area contributed by atoms with E-state index in [0.717, 1.165) is 31.2 Å². The molecule has 0 atom stereocenters. The number of rotatable bonds is 5. The van der Waals surface area contributed by atoms with Gasteiger partial charge in [0.15, 0.2) is 5.96 Å². The molecule has 1 aromatic carbocycles. The molecule has 1 aromatic heterocycles. The predicted molar refractivity (Wildman–Crippen MR) is 116 cm³/mol. The zero-order valence-corrected chi connectivity index (χ0v) is 18.5. The summed E-state index contributed by atoms with van der Waals surface area (Å²) in [7, 11) is 5.86. The third-order valence-corrected chi connectivity index (χ3v) is 4.51. The Balaban J connectivity index is 0.00000312. The summed E-state index contributed by atoms with van der Waals surface area (Å²) in [5.41, 5.74) is 6.14. The second-order valence-corrected chi connectivity index (χ2v) is 6.20. The monoisotopic (exact) mass is 455 g/mol. The SMILES string of the molecule is CCc1ccc(CN(C)C(=NC)NCc2c(C)nn(C)c2C)cc1.I. The van der Waals surface area contributed by atoms with Crippen molar-refractivity contribution in [3.05, 3.63) is 52.3 Å². The molecule has 138 valence electrons. The Morgan fingerprint density at radius 1 is 1.20 bits per heavy atom. The van der Waals surface area contributed by atoms with Gasteiger partial charge in [-0.25, -0.2) is 0 Å². The molecule has 0 radical (unpaired) electrons. The summed E-state index contributed by atoms with van der Waals surface area (Å²) in [6.07, 6.45) is 1.07. The quantitative estimate of drug-likeness (QED) is 0.427. The molecule has 0 aliphatic carbocycles. The first-order valence-electron chi connectivity index (χ1n) is 8.44. The maximum absolute atomic E-state index is 4.47. The maximum Gasteiger partial charge on any atom is 0.193 e. The third kappa shape index (κ3) is 5.45. The molecule has 1 heterocycles. The average molecular weight is 455 g/mol. The number of aryl methyl sites for hydroxylation is 3. The van der Waals surface area contributed by atoms with Crippen molar-refractivity contribution >= 4 is 29.9 Å². The van der Waals surface area contributed by atoms with Crippen LogP contribution in [0.3, 0.4) is 0 Å². The molecular formula is C19H30IN5. The van der Waals surface area contributed by atoms with E-state index in [1.54, 1.807) is 0 Å². The molecule has 1 N–H and O–H groups in total.